The van der Waals surface area contributed by atoms with Crippen LogP contribution in [0, 0.1) is 11.3 Å². The summed E-state index contributed by atoms with van der Waals surface area (Å²) in [6.45, 7) is 0.234. The van der Waals surface area contributed by atoms with E-state index in [1.165, 1.54) is 12.0 Å². The van der Waals surface area contributed by atoms with E-state index in [9.17, 15) is 9.59 Å². The van der Waals surface area contributed by atoms with E-state index < -0.39 is 12.0 Å². The summed E-state index contributed by atoms with van der Waals surface area (Å²) in [5.74, 6) is -0.692. The van der Waals surface area contributed by atoms with Gasteiger partial charge < -0.3 is 14.6 Å². The number of methoxy groups -OCH3 is 1. The van der Waals surface area contributed by atoms with Gasteiger partial charge in [0.05, 0.1) is 24.1 Å². The van der Waals surface area contributed by atoms with Gasteiger partial charge in [-0.25, -0.2) is 4.79 Å². The van der Waals surface area contributed by atoms with Gasteiger partial charge in [-0.15, -0.1) is 0 Å². The number of esters is 1. The summed E-state index contributed by atoms with van der Waals surface area (Å²) >= 11 is 3.22. The number of aromatic nitrogens is 1. The van der Waals surface area contributed by atoms with Crippen molar-refractivity contribution in [3.63, 3.8) is 0 Å². The Morgan fingerprint density at radius 2 is 1.93 bits per heavy atom. The number of rotatable bonds is 7. The first-order valence-electron chi connectivity index (χ1n) is 9.04. The Morgan fingerprint density at radius 1 is 1.21 bits per heavy atom. The number of ether oxygens (including phenoxy) is 1. The zero-order valence-corrected chi connectivity index (χ0v) is 17.5. The van der Waals surface area contributed by atoms with Gasteiger partial charge in [0.1, 0.15) is 6.04 Å². The van der Waals surface area contributed by atoms with E-state index in [1.54, 1.807) is 24.3 Å². The molecular weight excluding hydrogens is 434 g/mol. The van der Waals surface area contributed by atoms with Gasteiger partial charge in [-0.2, -0.15) is 5.26 Å². The molecule has 2 aromatic carbocycles. The number of hydrogen-bond donors (Lipinski definition) is 1. The molecule has 0 saturated heterocycles. The van der Waals surface area contributed by atoms with Gasteiger partial charge in [0.15, 0.2) is 0 Å². The van der Waals surface area contributed by atoms with Gasteiger partial charge >= 0.3 is 5.97 Å². The number of nitrogens with zero attached hydrogens (tertiary/aromatic N) is 2. The van der Waals surface area contributed by atoms with E-state index in [-0.39, 0.29) is 17.8 Å². The number of nitrogens with one attached hydrogen (secondary N) is 1. The molecule has 1 N–H and O–H groups in total. The fourth-order valence-electron chi connectivity index (χ4n) is 3.30. The normalized spacial score (nSPS) is 11.6. The van der Waals surface area contributed by atoms with Crippen molar-refractivity contribution in [1.29, 1.82) is 5.26 Å². The maximum Gasteiger partial charge on any atom is 0.328 e. The molecule has 0 fully saturated rings. The molecule has 0 bridgehead atoms. The number of hydrogen-bond acceptors (Lipinski definition) is 4. The van der Waals surface area contributed by atoms with Crippen molar-refractivity contribution < 1.29 is 14.3 Å². The van der Waals surface area contributed by atoms with E-state index in [0.29, 0.717) is 12.0 Å². The minimum absolute atomic E-state index is 0.0880. The lowest BCUT2D eigenvalue weighted by Gasteiger charge is -2.29. The first kappa shape index (κ1) is 20.6. The molecule has 6 nitrogen and oxygen atoms in total. The van der Waals surface area contributed by atoms with E-state index in [2.05, 4.69) is 27.0 Å². The highest BCUT2D eigenvalue weighted by Gasteiger charge is 2.31. The molecule has 1 atom stereocenters. The number of amides is 1. The van der Waals surface area contributed by atoms with Crippen LogP contribution in [-0.4, -0.2) is 40.2 Å². The fourth-order valence-corrected chi connectivity index (χ4v) is 3.62. The van der Waals surface area contributed by atoms with E-state index in [4.69, 9.17) is 10.00 Å². The van der Waals surface area contributed by atoms with Crippen LogP contribution in [0.25, 0.3) is 10.9 Å². The largest absolute Gasteiger partial charge is 0.467 e. The van der Waals surface area contributed by atoms with Crippen LogP contribution in [0.5, 0.6) is 0 Å². The van der Waals surface area contributed by atoms with Crippen LogP contribution in [0.15, 0.2) is 54.7 Å². The third-order valence-electron chi connectivity index (χ3n) is 4.81. The molecule has 148 valence electrons. The lowest BCUT2D eigenvalue weighted by atomic mass is 10.0. The number of H-pyrrole nitrogens is 1. The van der Waals surface area contributed by atoms with Gasteiger partial charge in [-0.3, -0.25) is 4.79 Å². The highest BCUT2D eigenvalue weighted by molar-refractivity contribution is 9.09. The maximum absolute atomic E-state index is 12.7. The van der Waals surface area contributed by atoms with Gasteiger partial charge in [0.25, 0.3) is 0 Å². The Labute approximate surface area is 177 Å². The molecule has 29 heavy (non-hydrogen) atoms. The smallest absolute Gasteiger partial charge is 0.328 e. The van der Waals surface area contributed by atoms with Gasteiger partial charge in [-0.05, 0) is 29.3 Å². The quantitative estimate of drug-likeness (QED) is 0.437. The lowest BCUT2D eigenvalue weighted by molar-refractivity contribution is -0.152. The summed E-state index contributed by atoms with van der Waals surface area (Å²) in [4.78, 5) is 30.1. The van der Waals surface area contributed by atoms with Gasteiger partial charge in [0, 0.05) is 30.1 Å². The first-order chi connectivity index (χ1) is 14.1. The zero-order valence-electron chi connectivity index (χ0n) is 15.9. The van der Waals surface area contributed by atoms with Crippen LogP contribution < -0.4 is 0 Å². The number of para-hydroxylation sites is 1. The van der Waals surface area contributed by atoms with Crippen molar-refractivity contribution in [2.75, 3.05) is 12.4 Å². The van der Waals surface area contributed by atoms with Gasteiger partial charge in [0.2, 0.25) is 5.91 Å². The molecule has 0 spiro atoms. The number of benzene rings is 2. The topological polar surface area (TPSA) is 86.2 Å². The van der Waals surface area contributed by atoms with Crippen molar-refractivity contribution in [1.82, 2.24) is 9.88 Å². The third kappa shape index (κ3) is 4.66. The average molecular weight is 454 g/mol. The first-order valence-corrected chi connectivity index (χ1v) is 10.2. The minimum atomic E-state index is -0.778. The number of carbonyl (C=O) groups is 2. The maximum atomic E-state index is 12.7. The van der Waals surface area contributed by atoms with Gasteiger partial charge in [-0.1, -0.05) is 46.3 Å². The monoisotopic (exact) mass is 453 g/mol. The summed E-state index contributed by atoms with van der Waals surface area (Å²) in [5, 5.41) is 10.1. The van der Waals surface area contributed by atoms with Crippen molar-refractivity contribution in [3.8, 4) is 6.07 Å². The predicted octanol–water partition coefficient (Wildman–Crippen LogP) is 3.55. The third-order valence-corrected chi connectivity index (χ3v) is 5.29. The number of fused-ring (bicyclic) bond motifs is 1. The van der Waals surface area contributed by atoms with Crippen molar-refractivity contribution in [3.05, 3.63) is 71.4 Å². The highest BCUT2D eigenvalue weighted by atomic mass is 79.9. The van der Waals surface area contributed by atoms with Crippen LogP contribution in [0.1, 0.15) is 16.7 Å². The van der Waals surface area contributed by atoms with Crippen LogP contribution in [0.2, 0.25) is 0 Å². The molecule has 0 aliphatic rings. The Morgan fingerprint density at radius 3 is 2.59 bits per heavy atom. The second kappa shape index (κ2) is 9.39. The second-order valence-corrected chi connectivity index (χ2v) is 7.13. The van der Waals surface area contributed by atoms with Crippen molar-refractivity contribution in [2.45, 2.75) is 19.0 Å². The Kier molecular flexibility index (Phi) is 6.68. The molecule has 0 aliphatic heterocycles. The average Bonchev–Trinajstić information content (AvgIpc) is 3.18. The molecule has 0 radical (unpaired) electrons. The number of nitriles is 1. The molecule has 1 amide bonds. The highest BCUT2D eigenvalue weighted by Crippen LogP contribution is 2.22. The molecule has 1 aromatic heterocycles. The number of carbonyl (C=O) groups excluding carboxylic acids is 2. The summed E-state index contributed by atoms with van der Waals surface area (Å²) in [6, 6.07) is 16.1. The Balaban J connectivity index is 1.94. The molecule has 1 heterocycles. The minimum Gasteiger partial charge on any atom is -0.467 e. The molecule has 0 unspecified atom stereocenters. The molecule has 0 saturated carbocycles. The predicted molar refractivity (Wildman–Crippen MR) is 113 cm³/mol. The second-order valence-electron chi connectivity index (χ2n) is 6.57. The standard InChI is InChI=1S/C22H20BrN3O3/c1-29-22(28)20(10-17-13-25-19-5-3-2-4-18(17)19)26(21(27)11-23)14-16-8-6-15(12-24)7-9-16/h2-9,13,20,25H,10-11,14H2,1H3/t20-/m0/s1. The number of alkyl halides is 1. The van der Waals surface area contributed by atoms with Crippen molar-refractivity contribution in [2.24, 2.45) is 0 Å². The van der Waals surface area contributed by atoms with Crippen LogP contribution in [0.3, 0.4) is 0 Å². The van der Waals surface area contributed by atoms with E-state index in [1.807, 2.05) is 30.5 Å². The SMILES string of the molecule is COC(=O)[C@H](Cc1c[nH]c2ccccc12)N(Cc1ccc(C#N)cc1)C(=O)CBr. The summed E-state index contributed by atoms with van der Waals surface area (Å²) in [6.07, 6.45) is 2.19. The summed E-state index contributed by atoms with van der Waals surface area (Å²) < 4.78 is 5.02. The van der Waals surface area contributed by atoms with Crippen molar-refractivity contribution >= 4 is 38.7 Å². The molecule has 7 heteroatoms. The summed E-state index contributed by atoms with van der Waals surface area (Å²) in [7, 11) is 1.32. The van der Waals surface area contributed by atoms with E-state index in [0.717, 1.165) is 22.0 Å². The lowest BCUT2D eigenvalue weighted by Crippen LogP contribution is -2.47. The fraction of sp³-hybridized carbons (Fsp3) is 0.227. The Bertz CT molecular complexity index is 1050. The molecule has 3 aromatic rings. The molecule has 0 aliphatic carbocycles. The van der Waals surface area contributed by atoms with Crippen LogP contribution in [0.4, 0.5) is 0 Å². The Hall–Kier alpha value is -3.11. The summed E-state index contributed by atoms with van der Waals surface area (Å²) in [5.41, 5.74) is 3.27. The zero-order chi connectivity index (χ0) is 20.8. The van der Waals surface area contributed by atoms with E-state index >= 15 is 0 Å². The van der Waals surface area contributed by atoms with Crippen LogP contribution >= 0.6 is 15.9 Å². The molecular formula is C22H20BrN3O3. The van der Waals surface area contributed by atoms with Crippen LogP contribution in [-0.2, 0) is 27.3 Å². The number of aromatic amines is 1. The molecule has 3 rings (SSSR count). The number of halogens is 1.